The molecule has 0 aromatic carbocycles. The van der Waals surface area contributed by atoms with E-state index < -0.39 is 4.92 Å². The van der Waals surface area contributed by atoms with Crippen molar-refractivity contribution in [3.05, 3.63) is 16.3 Å². The second-order valence-corrected chi connectivity index (χ2v) is 4.60. The average molecular weight is 237 g/mol. The highest BCUT2D eigenvalue weighted by molar-refractivity contribution is 5.57. The number of hydrogen-bond acceptors (Lipinski definition) is 6. The zero-order chi connectivity index (χ0) is 12.5. The third-order valence-electron chi connectivity index (χ3n) is 2.98. The fourth-order valence-electron chi connectivity index (χ4n) is 1.45. The van der Waals surface area contributed by atoms with Gasteiger partial charge in [-0.05, 0) is 18.3 Å². The summed E-state index contributed by atoms with van der Waals surface area (Å²) < 4.78 is 0. The van der Waals surface area contributed by atoms with Crippen LogP contribution in [0, 0.1) is 15.5 Å². The zero-order valence-corrected chi connectivity index (χ0v) is 9.86. The fourth-order valence-corrected chi connectivity index (χ4v) is 1.45. The summed E-state index contributed by atoms with van der Waals surface area (Å²) >= 11 is 0. The first-order chi connectivity index (χ1) is 8.04. The first-order valence-corrected chi connectivity index (χ1v) is 5.47. The normalized spacial score (nSPS) is 16.4. The van der Waals surface area contributed by atoms with Gasteiger partial charge in [-0.25, -0.2) is 4.98 Å². The van der Waals surface area contributed by atoms with E-state index in [1.807, 2.05) is 0 Å². The lowest BCUT2D eigenvalue weighted by molar-refractivity contribution is -0.384. The maximum Gasteiger partial charge on any atom is 0.329 e. The average Bonchev–Trinajstić information content (AvgIpc) is 3.04. The molecule has 2 rings (SSSR count). The van der Waals surface area contributed by atoms with Crippen molar-refractivity contribution in [2.45, 2.75) is 19.8 Å². The van der Waals surface area contributed by atoms with Gasteiger partial charge in [0.1, 0.15) is 6.20 Å². The van der Waals surface area contributed by atoms with Crippen LogP contribution in [0.3, 0.4) is 0 Å². The Morgan fingerprint density at radius 2 is 2.29 bits per heavy atom. The molecule has 0 atom stereocenters. The summed E-state index contributed by atoms with van der Waals surface area (Å²) in [5, 5.41) is 16.6. The molecule has 1 heterocycles. The molecule has 7 heteroatoms. The van der Waals surface area contributed by atoms with Gasteiger partial charge in [0.25, 0.3) is 0 Å². The second-order valence-electron chi connectivity index (χ2n) is 4.60. The van der Waals surface area contributed by atoms with Crippen molar-refractivity contribution in [2.75, 3.05) is 24.2 Å². The maximum absolute atomic E-state index is 10.8. The van der Waals surface area contributed by atoms with Crippen LogP contribution >= 0.6 is 0 Å². The minimum Gasteiger partial charge on any atom is -0.364 e. The van der Waals surface area contributed by atoms with Gasteiger partial charge >= 0.3 is 5.69 Å². The lowest BCUT2D eigenvalue weighted by atomic mass is 10.1. The SMILES string of the molecule is CNc1ncc([N+](=O)[O-])c(NCC2(C)CC2)n1. The molecule has 7 nitrogen and oxygen atoms in total. The summed E-state index contributed by atoms with van der Waals surface area (Å²) in [4.78, 5) is 18.3. The number of nitrogens with zero attached hydrogens (tertiary/aromatic N) is 3. The van der Waals surface area contributed by atoms with Crippen LogP contribution in [0.5, 0.6) is 0 Å². The summed E-state index contributed by atoms with van der Waals surface area (Å²) in [6.45, 7) is 2.85. The van der Waals surface area contributed by atoms with Crippen LogP contribution in [0.2, 0.25) is 0 Å². The Morgan fingerprint density at radius 3 is 2.82 bits per heavy atom. The van der Waals surface area contributed by atoms with Crippen molar-refractivity contribution in [1.29, 1.82) is 0 Å². The summed E-state index contributed by atoms with van der Waals surface area (Å²) in [6, 6.07) is 0. The summed E-state index contributed by atoms with van der Waals surface area (Å²) in [6.07, 6.45) is 3.52. The highest BCUT2D eigenvalue weighted by atomic mass is 16.6. The van der Waals surface area contributed by atoms with Crippen LogP contribution in [0.1, 0.15) is 19.8 Å². The molecular weight excluding hydrogens is 222 g/mol. The quantitative estimate of drug-likeness (QED) is 0.597. The van der Waals surface area contributed by atoms with E-state index in [9.17, 15) is 10.1 Å². The van der Waals surface area contributed by atoms with Crippen molar-refractivity contribution in [3.63, 3.8) is 0 Å². The summed E-state index contributed by atoms with van der Waals surface area (Å²) in [7, 11) is 1.67. The molecule has 0 aliphatic heterocycles. The number of nitro groups is 1. The van der Waals surface area contributed by atoms with E-state index in [4.69, 9.17) is 0 Å². The molecule has 1 aliphatic rings. The first kappa shape index (κ1) is 11.6. The van der Waals surface area contributed by atoms with E-state index in [0.717, 1.165) is 12.8 Å². The van der Waals surface area contributed by atoms with Gasteiger partial charge in [0.05, 0.1) is 4.92 Å². The van der Waals surface area contributed by atoms with E-state index in [1.54, 1.807) is 7.05 Å². The number of hydrogen-bond donors (Lipinski definition) is 2. The number of nitrogens with one attached hydrogen (secondary N) is 2. The Labute approximate surface area is 98.8 Å². The van der Waals surface area contributed by atoms with Gasteiger partial charge in [0, 0.05) is 13.6 Å². The summed E-state index contributed by atoms with van der Waals surface area (Å²) in [5.74, 6) is 0.654. The van der Waals surface area contributed by atoms with Crippen LogP contribution in [-0.2, 0) is 0 Å². The molecule has 0 bridgehead atoms. The Morgan fingerprint density at radius 1 is 1.59 bits per heavy atom. The Kier molecular flexibility index (Phi) is 2.83. The van der Waals surface area contributed by atoms with Crippen LogP contribution in [-0.4, -0.2) is 28.5 Å². The molecule has 0 radical (unpaired) electrons. The second kappa shape index (κ2) is 4.15. The fraction of sp³-hybridized carbons (Fsp3) is 0.600. The lowest BCUT2D eigenvalue weighted by Gasteiger charge is -2.11. The molecule has 2 N–H and O–H groups in total. The van der Waals surface area contributed by atoms with Crippen LogP contribution < -0.4 is 10.6 Å². The van der Waals surface area contributed by atoms with Crippen molar-refractivity contribution >= 4 is 17.5 Å². The summed E-state index contributed by atoms with van der Waals surface area (Å²) in [5.41, 5.74) is 0.173. The molecule has 0 spiro atoms. The lowest BCUT2D eigenvalue weighted by Crippen LogP contribution is -2.14. The first-order valence-electron chi connectivity index (χ1n) is 5.47. The van der Waals surface area contributed by atoms with Crippen molar-refractivity contribution in [3.8, 4) is 0 Å². The van der Waals surface area contributed by atoms with E-state index >= 15 is 0 Å². The van der Waals surface area contributed by atoms with Crippen molar-refractivity contribution < 1.29 is 4.92 Å². The van der Waals surface area contributed by atoms with Crippen LogP contribution in [0.15, 0.2) is 6.20 Å². The van der Waals surface area contributed by atoms with Gasteiger partial charge < -0.3 is 10.6 Å². The van der Waals surface area contributed by atoms with E-state index in [-0.39, 0.29) is 16.9 Å². The highest BCUT2D eigenvalue weighted by Crippen LogP contribution is 2.45. The molecule has 1 aromatic heterocycles. The van der Waals surface area contributed by atoms with Gasteiger partial charge in [0.15, 0.2) is 0 Å². The number of anilines is 2. The Hall–Kier alpha value is -1.92. The number of aromatic nitrogens is 2. The van der Waals surface area contributed by atoms with Crippen molar-refractivity contribution in [1.82, 2.24) is 9.97 Å². The van der Waals surface area contributed by atoms with E-state index in [0.29, 0.717) is 12.5 Å². The topological polar surface area (TPSA) is 93.0 Å². The Balaban J connectivity index is 2.18. The van der Waals surface area contributed by atoms with Crippen molar-refractivity contribution in [2.24, 2.45) is 5.41 Å². The molecule has 1 saturated carbocycles. The molecular formula is C10H15N5O2. The van der Waals surface area contributed by atoms with Crippen LogP contribution in [0.4, 0.5) is 17.5 Å². The molecule has 0 amide bonds. The minimum absolute atomic E-state index is 0.0896. The van der Waals surface area contributed by atoms with Gasteiger partial charge in [-0.2, -0.15) is 4.98 Å². The molecule has 17 heavy (non-hydrogen) atoms. The van der Waals surface area contributed by atoms with E-state index in [1.165, 1.54) is 6.20 Å². The molecule has 1 aliphatic carbocycles. The third kappa shape index (κ3) is 2.61. The standard InChI is InChI=1S/C10H15N5O2/c1-10(3-4-10)6-13-8-7(15(16)17)5-12-9(11-2)14-8/h5H,3-4,6H2,1-2H3,(H2,11,12,13,14). The predicted molar refractivity (Wildman–Crippen MR) is 64.1 cm³/mol. The number of rotatable bonds is 5. The highest BCUT2D eigenvalue weighted by Gasteiger charge is 2.37. The van der Waals surface area contributed by atoms with Gasteiger partial charge in [-0.1, -0.05) is 6.92 Å². The maximum atomic E-state index is 10.8. The minimum atomic E-state index is -0.475. The largest absolute Gasteiger partial charge is 0.364 e. The predicted octanol–water partition coefficient (Wildman–Crippen LogP) is 1.64. The Bertz CT molecular complexity index is 444. The monoisotopic (exact) mass is 237 g/mol. The molecule has 0 saturated heterocycles. The molecule has 92 valence electrons. The van der Waals surface area contributed by atoms with Gasteiger partial charge in [-0.3, -0.25) is 10.1 Å². The molecule has 1 aromatic rings. The van der Waals surface area contributed by atoms with Gasteiger partial charge in [0.2, 0.25) is 11.8 Å². The third-order valence-corrected chi connectivity index (χ3v) is 2.98. The molecule has 0 unspecified atom stereocenters. The van der Waals surface area contributed by atoms with E-state index in [2.05, 4.69) is 27.5 Å². The zero-order valence-electron chi connectivity index (χ0n) is 9.86. The molecule has 1 fully saturated rings. The van der Waals surface area contributed by atoms with Gasteiger partial charge in [-0.15, -0.1) is 0 Å². The van der Waals surface area contributed by atoms with Crippen LogP contribution in [0.25, 0.3) is 0 Å². The smallest absolute Gasteiger partial charge is 0.329 e.